The number of rotatable bonds is 6. The summed E-state index contributed by atoms with van der Waals surface area (Å²) in [6.45, 7) is 1.71. The molecule has 4 aromatic rings. The van der Waals surface area contributed by atoms with Gasteiger partial charge in [-0.3, -0.25) is 14.4 Å². The van der Waals surface area contributed by atoms with Crippen LogP contribution in [0.5, 0.6) is 0 Å². The van der Waals surface area contributed by atoms with Gasteiger partial charge in [0.05, 0.1) is 12.8 Å². The van der Waals surface area contributed by atoms with E-state index in [9.17, 15) is 14.4 Å². The Morgan fingerprint density at radius 3 is 2.45 bits per heavy atom. The Balaban J connectivity index is 1.44. The van der Waals surface area contributed by atoms with Crippen molar-refractivity contribution >= 4 is 39.9 Å². The third-order valence-electron chi connectivity index (χ3n) is 5.27. The molecule has 0 radical (unpaired) electrons. The van der Waals surface area contributed by atoms with Gasteiger partial charge in [0, 0.05) is 29.4 Å². The number of hydrogen-bond acceptors (Lipinski definition) is 4. The second-order valence-electron chi connectivity index (χ2n) is 7.70. The number of anilines is 2. The number of amides is 3. The summed E-state index contributed by atoms with van der Waals surface area (Å²) in [5.41, 5.74) is 2.34. The third-order valence-corrected chi connectivity index (χ3v) is 5.27. The first-order valence-corrected chi connectivity index (χ1v) is 10.4. The van der Waals surface area contributed by atoms with Gasteiger partial charge in [0.1, 0.15) is 0 Å². The van der Waals surface area contributed by atoms with E-state index in [0.29, 0.717) is 16.9 Å². The van der Waals surface area contributed by atoms with Crippen molar-refractivity contribution < 1.29 is 18.8 Å². The fourth-order valence-electron chi connectivity index (χ4n) is 3.51. The molecule has 0 saturated heterocycles. The lowest BCUT2D eigenvalue weighted by molar-refractivity contribution is -0.116. The van der Waals surface area contributed by atoms with Crippen LogP contribution in [0.3, 0.4) is 0 Å². The second kappa shape index (κ2) is 9.40. The van der Waals surface area contributed by atoms with Crippen LogP contribution >= 0.6 is 0 Å². The second-order valence-corrected chi connectivity index (χ2v) is 7.70. The number of carbonyl (C=O) groups excluding carboxylic acids is 3. The Bertz CT molecular complexity index is 1320. The molecule has 7 heteroatoms. The number of furan rings is 1. The highest BCUT2D eigenvalue weighted by Gasteiger charge is 2.18. The van der Waals surface area contributed by atoms with Gasteiger partial charge in [-0.05, 0) is 48.2 Å². The third kappa shape index (κ3) is 4.93. The summed E-state index contributed by atoms with van der Waals surface area (Å²) in [6, 6.07) is 21.6. The Kier molecular flexibility index (Phi) is 6.22. The predicted molar refractivity (Wildman–Crippen MR) is 127 cm³/mol. The van der Waals surface area contributed by atoms with E-state index in [1.807, 2.05) is 49.4 Å². The van der Waals surface area contributed by atoms with E-state index < -0.39 is 5.91 Å². The van der Waals surface area contributed by atoms with Crippen LogP contribution in [0, 0.1) is 6.92 Å². The number of hydrogen-bond donors (Lipinski definition) is 2. The molecule has 7 nitrogen and oxygen atoms in total. The van der Waals surface area contributed by atoms with E-state index in [2.05, 4.69) is 10.6 Å². The molecule has 33 heavy (non-hydrogen) atoms. The first-order valence-electron chi connectivity index (χ1n) is 10.4. The molecule has 0 aliphatic carbocycles. The van der Waals surface area contributed by atoms with Crippen LogP contribution in [0.15, 0.2) is 83.5 Å². The topological polar surface area (TPSA) is 91.7 Å². The van der Waals surface area contributed by atoms with Crippen molar-refractivity contribution in [1.29, 1.82) is 0 Å². The summed E-state index contributed by atoms with van der Waals surface area (Å²) in [5, 5.41) is 7.58. The highest BCUT2D eigenvalue weighted by Crippen LogP contribution is 2.23. The maximum absolute atomic E-state index is 12.9. The number of nitrogens with zero attached hydrogens (tertiary/aromatic N) is 1. The fourth-order valence-corrected chi connectivity index (χ4v) is 3.51. The minimum atomic E-state index is -0.407. The van der Waals surface area contributed by atoms with Gasteiger partial charge in [-0.1, -0.05) is 42.5 Å². The van der Waals surface area contributed by atoms with Crippen molar-refractivity contribution in [3.63, 3.8) is 0 Å². The molecule has 0 saturated carbocycles. The molecule has 3 amide bonds. The lowest BCUT2D eigenvalue weighted by Crippen LogP contribution is -2.35. The van der Waals surface area contributed by atoms with Crippen LogP contribution in [0.2, 0.25) is 0 Å². The van der Waals surface area contributed by atoms with Gasteiger partial charge in [-0.25, -0.2) is 0 Å². The average Bonchev–Trinajstić information content (AvgIpc) is 3.35. The number of aryl methyl sites for hydroxylation is 1. The number of benzene rings is 3. The molecule has 1 heterocycles. The van der Waals surface area contributed by atoms with E-state index in [1.165, 1.54) is 11.2 Å². The zero-order chi connectivity index (χ0) is 23.4. The van der Waals surface area contributed by atoms with Crippen molar-refractivity contribution in [1.82, 2.24) is 4.90 Å². The van der Waals surface area contributed by atoms with Crippen molar-refractivity contribution in [2.45, 2.75) is 6.92 Å². The summed E-state index contributed by atoms with van der Waals surface area (Å²) < 4.78 is 5.11. The molecular formula is C26H23N3O4. The quantitative estimate of drug-likeness (QED) is 0.454. The molecule has 0 spiro atoms. The number of fused-ring (bicyclic) bond motifs is 1. The van der Waals surface area contributed by atoms with Crippen LogP contribution in [-0.2, 0) is 4.79 Å². The molecule has 166 valence electrons. The molecule has 0 bridgehead atoms. The van der Waals surface area contributed by atoms with Crippen molar-refractivity contribution in [3.05, 3.63) is 95.9 Å². The largest absolute Gasteiger partial charge is 0.459 e. The van der Waals surface area contributed by atoms with E-state index in [1.54, 1.807) is 37.4 Å². The Morgan fingerprint density at radius 2 is 1.67 bits per heavy atom. The van der Waals surface area contributed by atoms with E-state index in [4.69, 9.17) is 4.42 Å². The molecule has 1 aromatic heterocycles. The Labute approximate surface area is 191 Å². The fraction of sp³-hybridized carbons (Fsp3) is 0.115. The summed E-state index contributed by atoms with van der Waals surface area (Å²) in [7, 11) is 1.56. The minimum Gasteiger partial charge on any atom is -0.459 e. The van der Waals surface area contributed by atoms with Crippen molar-refractivity contribution in [2.24, 2.45) is 0 Å². The van der Waals surface area contributed by atoms with Crippen molar-refractivity contribution in [3.8, 4) is 0 Å². The van der Waals surface area contributed by atoms with Crippen LogP contribution in [0.1, 0.15) is 26.5 Å². The predicted octanol–water partition coefficient (Wildman–Crippen LogP) is 4.70. The first-order chi connectivity index (χ1) is 15.9. The monoisotopic (exact) mass is 441 g/mol. The lowest BCUT2D eigenvalue weighted by atomic mass is 10.1. The number of nitrogens with one attached hydrogen (secondary N) is 2. The Hall–Kier alpha value is -4.39. The van der Waals surface area contributed by atoms with Crippen LogP contribution in [0.4, 0.5) is 11.4 Å². The highest BCUT2D eigenvalue weighted by atomic mass is 16.3. The van der Waals surface area contributed by atoms with Crippen molar-refractivity contribution in [2.75, 3.05) is 24.2 Å². The summed E-state index contributed by atoms with van der Waals surface area (Å²) in [5.74, 6) is -0.874. The van der Waals surface area contributed by atoms with Crippen LogP contribution < -0.4 is 10.6 Å². The maximum atomic E-state index is 12.9. The molecule has 0 unspecified atom stereocenters. The van der Waals surface area contributed by atoms with Gasteiger partial charge in [-0.15, -0.1) is 0 Å². The van der Waals surface area contributed by atoms with Gasteiger partial charge in [0.25, 0.3) is 11.8 Å². The van der Waals surface area contributed by atoms with E-state index >= 15 is 0 Å². The average molecular weight is 441 g/mol. The van der Waals surface area contributed by atoms with Gasteiger partial charge in [-0.2, -0.15) is 0 Å². The molecular weight excluding hydrogens is 418 g/mol. The molecule has 0 atom stereocenters. The van der Waals surface area contributed by atoms with Gasteiger partial charge >= 0.3 is 0 Å². The number of carbonyl (C=O) groups is 3. The van der Waals surface area contributed by atoms with Crippen LogP contribution in [0.25, 0.3) is 10.8 Å². The summed E-state index contributed by atoms with van der Waals surface area (Å²) >= 11 is 0. The summed E-state index contributed by atoms with van der Waals surface area (Å²) in [6.07, 6.45) is 1.42. The van der Waals surface area contributed by atoms with Gasteiger partial charge in [0.2, 0.25) is 5.91 Å². The van der Waals surface area contributed by atoms with E-state index in [0.717, 1.165) is 16.3 Å². The molecule has 0 aliphatic heterocycles. The van der Waals surface area contributed by atoms with Gasteiger partial charge < -0.3 is 20.0 Å². The molecule has 0 fully saturated rings. The minimum absolute atomic E-state index is 0.121. The molecule has 2 N–H and O–H groups in total. The molecule has 0 aliphatic rings. The maximum Gasteiger partial charge on any atom is 0.291 e. The Morgan fingerprint density at radius 1 is 0.879 bits per heavy atom. The normalized spacial score (nSPS) is 10.6. The summed E-state index contributed by atoms with van der Waals surface area (Å²) in [4.78, 5) is 39.2. The smallest absolute Gasteiger partial charge is 0.291 e. The SMILES string of the molecule is Cc1ccc(C(=O)N(C)CC(=O)Nc2cccc3ccccc23)cc1NC(=O)c1ccco1. The lowest BCUT2D eigenvalue weighted by Gasteiger charge is -2.18. The van der Waals surface area contributed by atoms with E-state index in [-0.39, 0.29) is 24.1 Å². The number of likely N-dealkylation sites (N-methyl/N-ethyl adjacent to an activating group) is 1. The first kappa shape index (κ1) is 21.8. The van der Waals surface area contributed by atoms with Crippen LogP contribution in [-0.4, -0.2) is 36.2 Å². The molecule has 3 aromatic carbocycles. The van der Waals surface area contributed by atoms with Gasteiger partial charge in [0.15, 0.2) is 5.76 Å². The zero-order valence-corrected chi connectivity index (χ0v) is 18.3. The zero-order valence-electron chi connectivity index (χ0n) is 18.3. The standard InChI is InChI=1S/C26H23N3O4/c1-17-12-13-19(15-22(17)28-25(31)23-11-6-14-33-23)26(32)29(2)16-24(30)27-21-10-5-8-18-7-3-4-9-20(18)21/h3-15H,16H2,1-2H3,(H,27,30)(H,28,31). The molecule has 4 rings (SSSR count). The highest BCUT2D eigenvalue weighted by molar-refractivity contribution is 6.06.